The number of hydrogen-bond acceptors (Lipinski definition) is 2. The molecule has 0 unspecified atom stereocenters. The van der Waals surface area contributed by atoms with Crippen LogP contribution in [0.15, 0.2) is 247 Å². The number of aromatic nitrogens is 1. The molecular formula is C62H40N2O. The van der Waals surface area contributed by atoms with E-state index in [1.165, 1.54) is 54.5 Å². The van der Waals surface area contributed by atoms with Gasteiger partial charge in [-0.15, -0.1) is 0 Å². The fourth-order valence-electron chi connectivity index (χ4n) is 10.1. The van der Waals surface area contributed by atoms with E-state index in [-0.39, 0.29) is 0 Å². The van der Waals surface area contributed by atoms with Crippen molar-refractivity contribution in [3.63, 3.8) is 0 Å². The van der Waals surface area contributed by atoms with Crippen LogP contribution in [0.5, 0.6) is 0 Å². The Bertz CT molecular complexity index is 3900. The van der Waals surface area contributed by atoms with E-state index in [4.69, 9.17) is 4.42 Å². The maximum Gasteiger partial charge on any atom is 0.136 e. The van der Waals surface area contributed by atoms with E-state index in [0.717, 1.165) is 66.9 Å². The number of fused-ring (bicyclic) bond motifs is 9. The molecule has 0 aliphatic carbocycles. The largest absolute Gasteiger partial charge is 0.456 e. The van der Waals surface area contributed by atoms with Gasteiger partial charge in [0.2, 0.25) is 0 Å². The van der Waals surface area contributed by atoms with Crippen LogP contribution in [0.1, 0.15) is 0 Å². The van der Waals surface area contributed by atoms with Gasteiger partial charge >= 0.3 is 0 Å². The highest BCUT2D eigenvalue weighted by molar-refractivity contribution is 6.14. The number of furan rings is 1. The second kappa shape index (κ2) is 15.0. The molecule has 304 valence electrons. The highest BCUT2D eigenvalue weighted by Crippen LogP contribution is 2.45. The lowest BCUT2D eigenvalue weighted by Crippen LogP contribution is -2.11. The molecule has 0 fully saturated rings. The number of nitrogens with zero attached hydrogens (tertiary/aromatic N) is 2. The van der Waals surface area contributed by atoms with Gasteiger partial charge in [-0.1, -0.05) is 170 Å². The van der Waals surface area contributed by atoms with E-state index in [1.807, 2.05) is 6.07 Å². The van der Waals surface area contributed by atoms with Crippen molar-refractivity contribution in [2.75, 3.05) is 4.90 Å². The Morgan fingerprint density at radius 1 is 0.323 bits per heavy atom. The van der Waals surface area contributed by atoms with Crippen LogP contribution in [0.2, 0.25) is 0 Å². The van der Waals surface area contributed by atoms with Crippen LogP contribution in [-0.2, 0) is 0 Å². The van der Waals surface area contributed by atoms with Gasteiger partial charge in [0.15, 0.2) is 0 Å². The lowest BCUT2D eigenvalue weighted by Gasteiger charge is -2.28. The quantitative estimate of drug-likeness (QED) is 0.149. The smallest absolute Gasteiger partial charge is 0.136 e. The van der Waals surface area contributed by atoms with Crippen LogP contribution in [0, 0.1) is 0 Å². The molecule has 0 bridgehead atoms. The van der Waals surface area contributed by atoms with Gasteiger partial charge in [-0.05, 0) is 122 Å². The molecule has 13 aromatic rings. The molecule has 13 rings (SSSR count). The molecule has 0 saturated carbocycles. The first-order chi connectivity index (χ1) is 32.2. The summed E-state index contributed by atoms with van der Waals surface area (Å²) in [4.78, 5) is 2.39. The average molecular weight is 829 g/mol. The number of rotatable bonds is 7. The highest BCUT2D eigenvalue weighted by atomic mass is 16.3. The van der Waals surface area contributed by atoms with Crippen molar-refractivity contribution in [1.82, 2.24) is 4.57 Å². The molecule has 0 spiro atoms. The summed E-state index contributed by atoms with van der Waals surface area (Å²) in [5.74, 6) is 0. The zero-order valence-corrected chi connectivity index (χ0v) is 35.4. The molecule has 0 saturated heterocycles. The molecule has 3 nitrogen and oxygen atoms in total. The average Bonchev–Trinajstić information content (AvgIpc) is 3.93. The summed E-state index contributed by atoms with van der Waals surface area (Å²) >= 11 is 0. The Kier molecular flexibility index (Phi) is 8.53. The van der Waals surface area contributed by atoms with Crippen molar-refractivity contribution >= 4 is 82.4 Å². The third-order valence-corrected chi connectivity index (χ3v) is 13.2. The van der Waals surface area contributed by atoms with E-state index in [2.05, 4.69) is 246 Å². The normalized spacial score (nSPS) is 11.7. The number of anilines is 3. The predicted molar refractivity (Wildman–Crippen MR) is 274 cm³/mol. The Hall–Kier alpha value is -8.66. The van der Waals surface area contributed by atoms with Crippen molar-refractivity contribution in [2.24, 2.45) is 0 Å². The summed E-state index contributed by atoms with van der Waals surface area (Å²) in [6.45, 7) is 0. The molecule has 0 aliphatic heterocycles. The van der Waals surface area contributed by atoms with Crippen LogP contribution in [-0.4, -0.2) is 4.57 Å². The molecule has 65 heavy (non-hydrogen) atoms. The lowest BCUT2D eigenvalue weighted by molar-refractivity contribution is 0.669. The van der Waals surface area contributed by atoms with Gasteiger partial charge in [0.25, 0.3) is 0 Å². The molecule has 2 aromatic heterocycles. The van der Waals surface area contributed by atoms with Crippen LogP contribution < -0.4 is 4.90 Å². The van der Waals surface area contributed by atoms with Gasteiger partial charge in [0.05, 0.1) is 16.7 Å². The Morgan fingerprint density at radius 3 is 1.62 bits per heavy atom. The first kappa shape index (κ1) is 36.9. The van der Waals surface area contributed by atoms with Crippen LogP contribution in [0.25, 0.3) is 104 Å². The molecular weight excluding hydrogens is 789 g/mol. The van der Waals surface area contributed by atoms with Gasteiger partial charge in [-0.2, -0.15) is 0 Å². The van der Waals surface area contributed by atoms with Crippen molar-refractivity contribution in [1.29, 1.82) is 0 Å². The van der Waals surface area contributed by atoms with Gasteiger partial charge in [-0.3, -0.25) is 0 Å². The fraction of sp³-hybridized carbons (Fsp3) is 0. The van der Waals surface area contributed by atoms with Crippen LogP contribution in [0.3, 0.4) is 0 Å². The number of hydrogen-bond donors (Lipinski definition) is 0. The summed E-state index contributed by atoms with van der Waals surface area (Å²) < 4.78 is 8.78. The number of para-hydroxylation sites is 4. The maximum absolute atomic E-state index is 6.40. The summed E-state index contributed by atoms with van der Waals surface area (Å²) in [5, 5.41) is 9.80. The molecule has 3 heteroatoms. The Balaban J connectivity index is 0.931. The second-order valence-electron chi connectivity index (χ2n) is 16.9. The highest BCUT2D eigenvalue weighted by Gasteiger charge is 2.21. The molecule has 2 heterocycles. The Labute approximate surface area is 376 Å². The predicted octanol–water partition coefficient (Wildman–Crippen LogP) is 17.5. The van der Waals surface area contributed by atoms with Crippen LogP contribution in [0.4, 0.5) is 17.1 Å². The van der Waals surface area contributed by atoms with Crippen molar-refractivity contribution < 1.29 is 4.42 Å². The Morgan fingerprint density at radius 2 is 0.862 bits per heavy atom. The van der Waals surface area contributed by atoms with Crippen molar-refractivity contribution in [2.45, 2.75) is 0 Å². The standard InChI is InChI=1S/C62H40N2O/c1-2-16-50-43(13-1)27-28-46-39-45(33-38-51(46)50)42-31-36-48(37-32-42)63(57-22-7-5-19-54(57)55-21-12-26-61-62(55)56-20-6-10-25-60(56)65-61)47-34-29-41(30-35-47)44-14-11-15-49(40-44)64-58-23-8-3-17-52(58)53-18-4-9-24-59(53)64/h1-40H. The third kappa shape index (κ3) is 6.12. The summed E-state index contributed by atoms with van der Waals surface area (Å²) in [6, 6.07) is 87.7. The van der Waals surface area contributed by atoms with Gasteiger partial charge in [-0.25, -0.2) is 0 Å². The lowest BCUT2D eigenvalue weighted by atomic mass is 9.96. The van der Waals surface area contributed by atoms with Gasteiger partial charge in [0.1, 0.15) is 11.2 Å². The topological polar surface area (TPSA) is 21.3 Å². The molecule has 0 N–H and O–H groups in total. The summed E-state index contributed by atoms with van der Waals surface area (Å²) in [6.07, 6.45) is 0. The minimum atomic E-state index is 0.880. The molecule has 0 atom stereocenters. The van der Waals surface area contributed by atoms with E-state index in [1.54, 1.807) is 0 Å². The SMILES string of the molecule is c1cc(-c2ccc(N(c3ccc(-c4ccc5c(ccc6ccccc65)c4)cc3)c3ccccc3-c3cccc4oc5ccccc5c34)cc2)cc(-n2c3ccccc3c3ccccc32)c1. The maximum atomic E-state index is 6.40. The first-order valence-corrected chi connectivity index (χ1v) is 22.2. The van der Waals surface area contributed by atoms with Crippen molar-refractivity contribution in [3.8, 4) is 39.1 Å². The van der Waals surface area contributed by atoms with Crippen LogP contribution >= 0.6 is 0 Å². The fourth-order valence-corrected chi connectivity index (χ4v) is 10.1. The minimum Gasteiger partial charge on any atom is -0.456 e. The van der Waals surface area contributed by atoms with Gasteiger partial charge < -0.3 is 13.9 Å². The minimum absolute atomic E-state index is 0.880. The van der Waals surface area contributed by atoms with E-state index >= 15 is 0 Å². The third-order valence-electron chi connectivity index (χ3n) is 13.2. The molecule has 0 radical (unpaired) electrons. The van der Waals surface area contributed by atoms with E-state index < -0.39 is 0 Å². The molecule has 0 amide bonds. The zero-order valence-electron chi connectivity index (χ0n) is 35.4. The zero-order chi connectivity index (χ0) is 42.8. The van der Waals surface area contributed by atoms with E-state index in [0.29, 0.717) is 0 Å². The van der Waals surface area contributed by atoms with Gasteiger partial charge in [0, 0.05) is 44.2 Å². The molecule has 11 aromatic carbocycles. The second-order valence-corrected chi connectivity index (χ2v) is 16.9. The first-order valence-electron chi connectivity index (χ1n) is 22.2. The number of benzene rings is 11. The monoisotopic (exact) mass is 828 g/mol. The van der Waals surface area contributed by atoms with E-state index in [9.17, 15) is 0 Å². The molecule has 0 aliphatic rings. The summed E-state index contributed by atoms with van der Waals surface area (Å²) in [7, 11) is 0. The summed E-state index contributed by atoms with van der Waals surface area (Å²) in [5.41, 5.74) is 15.5. The van der Waals surface area contributed by atoms with Crippen molar-refractivity contribution in [3.05, 3.63) is 243 Å².